The molecule has 3 aromatic rings. The van der Waals surface area contributed by atoms with Crippen molar-refractivity contribution in [2.24, 2.45) is 0 Å². The molecule has 1 heterocycles. The third kappa shape index (κ3) is 7.88. The maximum Gasteiger partial charge on any atom is 0.409 e. The molecule has 2 aliphatic rings. The van der Waals surface area contributed by atoms with Crippen molar-refractivity contribution in [3.8, 4) is 11.1 Å². The number of quaternary nitrogens is 1. The van der Waals surface area contributed by atoms with Gasteiger partial charge in [-0.15, -0.1) is 0 Å². The fraction of sp³-hybridized carbons (Fsp3) is 0.432. The fourth-order valence-corrected chi connectivity index (χ4v) is 6.53. The predicted molar refractivity (Wildman–Crippen MR) is 179 cm³/mol. The van der Waals surface area contributed by atoms with Gasteiger partial charge in [-0.05, 0) is 62.1 Å². The Kier molecular flexibility index (Phi) is 9.72. The van der Waals surface area contributed by atoms with Gasteiger partial charge in [0.05, 0.1) is 20.1 Å². The van der Waals surface area contributed by atoms with Crippen LogP contribution in [0.4, 0.5) is 15.3 Å². The van der Waals surface area contributed by atoms with Crippen molar-refractivity contribution in [1.82, 2.24) is 10.2 Å². The number of carbonyl (C=O) groups excluding carboxylic acids is 3. The second-order valence-electron chi connectivity index (χ2n) is 14.0. The number of rotatable bonds is 8. The Morgan fingerprint density at radius 2 is 1.46 bits per heavy atom. The molecule has 244 valence electrons. The Hall–Kier alpha value is -4.37. The van der Waals surface area contributed by atoms with Crippen LogP contribution < -0.4 is 10.6 Å². The molecule has 0 bridgehead atoms. The largest absolute Gasteiger partial charge is 0.448 e. The minimum absolute atomic E-state index is 0.0569. The lowest BCUT2D eigenvalue weighted by atomic mass is 9.98. The summed E-state index contributed by atoms with van der Waals surface area (Å²) in [6, 6.07) is 24.2. The first kappa shape index (κ1) is 33.0. The summed E-state index contributed by atoms with van der Waals surface area (Å²) in [4.78, 5) is 39.6. The van der Waals surface area contributed by atoms with Gasteiger partial charge in [-0.25, -0.2) is 9.59 Å². The van der Waals surface area contributed by atoms with Crippen LogP contribution in [0.3, 0.4) is 0 Å². The molecule has 46 heavy (non-hydrogen) atoms. The molecule has 1 atom stereocenters. The minimum Gasteiger partial charge on any atom is -0.448 e. The molecule has 3 aromatic carbocycles. The molecule has 3 amide bonds. The van der Waals surface area contributed by atoms with Crippen molar-refractivity contribution in [1.29, 1.82) is 0 Å². The molecule has 1 unspecified atom stereocenters. The van der Waals surface area contributed by atoms with Gasteiger partial charge in [0.2, 0.25) is 5.91 Å². The number of nitrogens with zero attached hydrogens (tertiary/aromatic N) is 2. The van der Waals surface area contributed by atoms with Crippen molar-refractivity contribution >= 4 is 23.8 Å². The van der Waals surface area contributed by atoms with E-state index in [0.717, 1.165) is 29.4 Å². The van der Waals surface area contributed by atoms with Crippen LogP contribution in [0.2, 0.25) is 0 Å². The monoisotopic (exact) mass is 627 g/mol. The van der Waals surface area contributed by atoms with Crippen LogP contribution in [0.15, 0.2) is 72.8 Å². The number of hydrogen-bond acceptors (Lipinski definition) is 5. The molecular formula is C37H47N4O5+. The zero-order valence-corrected chi connectivity index (χ0v) is 27.8. The summed E-state index contributed by atoms with van der Waals surface area (Å²) >= 11 is 0. The van der Waals surface area contributed by atoms with E-state index >= 15 is 0 Å². The van der Waals surface area contributed by atoms with Crippen molar-refractivity contribution in [3.05, 3.63) is 89.5 Å². The van der Waals surface area contributed by atoms with Crippen molar-refractivity contribution in [2.75, 3.05) is 39.1 Å². The van der Waals surface area contributed by atoms with E-state index in [0.29, 0.717) is 31.4 Å². The number of likely N-dealkylation sites (tertiary alicyclic amines) is 1. The van der Waals surface area contributed by atoms with Crippen LogP contribution >= 0.6 is 0 Å². The molecule has 1 saturated heterocycles. The first-order valence-corrected chi connectivity index (χ1v) is 16.1. The SMILES string of the molecule is CC(NC(=O)OC(C)(C)C)C(=O)Nc1ccc(C[N+](C)(C)C2CCN(C(=O)OCC3c4ccccc4-c4ccccc43)CC2)cc1. The Morgan fingerprint density at radius 1 is 0.891 bits per heavy atom. The zero-order chi connectivity index (χ0) is 33.1. The summed E-state index contributed by atoms with van der Waals surface area (Å²) in [5.41, 5.74) is 6.06. The van der Waals surface area contributed by atoms with Gasteiger partial charge in [0.1, 0.15) is 24.8 Å². The fourth-order valence-electron chi connectivity index (χ4n) is 6.53. The summed E-state index contributed by atoms with van der Waals surface area (Å²) in [6.07, 6.45) is 0.926. The van der Waals surface area contributed by atoms with E-state index in [1.165, 1.54) is 22.3 Å². The number of anilines is 1. The molecule has 0 aromatic heterocycles. The van der Waals surface area contributed by atoms with Crippen LogP contribution in [0, 0.1) is 0 Å². The number of ether oxygens (including phenoxy) is 2. The van der Waals surface area contributed by atoms with Crippen LogP contribution in [-0.2, 0) is 20.8 Å². The number of amides is 3. The predicted octanol–water partition coefficient (Wildman–Crippen LogP) is 6.53. The highest BCUT2D eigenvalue weighted by atomic mass is 16.6. The maximum atomic E-state index is 13.1. The Bertz CT molecular complexity index is 1510. The Morgan fingerprint density at radius 3 is 2.02 bits per heavy atom. The molecule has 0 saturated carbocycles. The van der Waals surface area contributed by atoms with E-state index in [9.17, 15) is 14.4 Å². The van der Waals surface area contributed by atoms with Crippen molar-refractivity contribution < 1.29 is 28.3 Å². The molecule has 1 aliphatic carbocycles. The van der Waals surface area contributed by atoms with E-state index in [4.69, 9.17) is 9.47 Å². The number of piperidine rings is 1. The van der Waals surface area contributed by atoms with Crippen molar-refractivity contribution in [2.45, 2.75) is 70.7 Å². The number of carbonyl (C=O) groups is 3. The van der Waals surface area contributed by atoms with Gasteiger partial charge in [-0.1, -0.05) is 60.7 Å². The smallest absolute Gasteiger partial charge is 0.409 e. The van der Waals surface area contributed by atoms with Gasteiger partial charge in [0.25, 0.3) is 0 Å². The van der Waals surface area contributed by atoms with E-state index in [2.05, 4.69) is 61.1 Å². The molecule has 9 heteroatoms. The molecule has 0 radical (unpaired) electrons. The highest BCUT2D eigenvalue weighted by Gasteiger charge is 2.35. The van der Waals surface area contributed by atoms with E-state index in [1.807, 2.05) is 41.3 Å². The summed E-state index contributed by atoms with van der Waals surface area (Å²) in [6.45, 7) is 9.43. The van der Waals surface area contributed by atoms with Crippen LogP contribution in [-0.4, -0.2) is 79.0 Å². The molecular weight excluding hydrogens is 580 g/mol. The molecule has 1 aliphatic heterocycles. The number of hydrogen-bond donors (Lipinski definition) is 2. The summed E-state index contributed by atoms with van der Waals surface area (Å²) in [5.74, 6) is -0.264. The number of fused-ring (bicyclic) bond motifs is 3. The topological polar surface area (TPSA) is 97.0 Å². The number of benzene rings is 3. The summed E-state index contributed by atoms with van der Waals surface area (Å²) in [7, 11) is 4.46. The second-order valence-corrected chi connectivity index (χ2v) is 14.0. The van der Waals surface area contributed by atoms with E-state index < -0.39 is 17.7 Å². The minimum atomic E-state index is -0.746. The van der Waals surface area contributed by atoms with Gasteiger partial charge in [-0.3, -0.25) is 4.79 Å². The number of alkyl carbamates (subject to hydrolysis) is 1. The molecule has 1 fully saturated rings. The van der Waals surface area contributed by atoms with Gasteiger partial charge in [0.15, 0.2) is 0 Å². The van der Waals surface area contributed by atoms with Gasteiger partial charge in [-0.2, -0.15) is 0 Å². The normalized spacial score (nSPS) is 15.8. The first-order valence-electron chi connectivity index (χ1n) is 16.1. The molecule has 9 nitrogen and oxygen atoms in total. The second kappa shape index (κ2) is 13.5. The lowest BCUT2D eigenvalue weighted by Gasteiger charge is -2.42. The van der Waals surface area contributed by atoms with Crippen LogP contribution in [0.5, 0.6) is 0 Å². The van der Waals surface area contributed by atoms with Crippen molar-refractivity contribution in [3.63, 3.8) is 0 Å². The van der Waals surface area contributed by atoms with Crippen LogP contribution in [0.1, 0.15) is 63.1 Å². The van der Waals surface area contributed by atoms with Gasteiger partial charge >= 0.3 is 12.2 Å². The lowest BCUT2D eigenvalue weighted by molar-refractivity contribution is -0.929. The van der Waals surface area contributed by atoms with E-state index in [-0.39, 0.29) is 17.9 Å². The quantitative estimate of drug-likeness (QED) is 0.277. The average molecular weight is 628 g/mol. The lowest BCUT2D eigenvalue weighted by Crippen LogP contribution is -2.54. The first-order chi connectivity index (χ1) is 21.8. The molecule has 0 spiro atoms. The average Bonchev–Trinajstić information content (AvgIpc) is 3.33. The maximum absolute atomic E-state index is 13.1. The summed E-state index contributed by atoms with van der Waals surface area (Å²) < 4.78 is 11.9. The molecule has 2 N–H and O–H groups in total. The van der Waals surface area contributed by atoms with Gasteiger partial charge in [0, 0.05) is 43.1 Å². The third-order valence-corrected chi connectivity index (χ3v) is 8.99. The summed E-state index contributed by atoms with van der Waals surface area (Å²) in [5, 5.41) is 5.42. The number of nitrogens with one attached hydrogen (secondary N) is 2. The van der Waals surface area contributed by atoms with E-state index in [1.54, 1.807) is 27.7 Å². The molecule has 5 rings (SSSR count). The third-order valence-electron chi connectivity index (χ3n) is 8.99. The zero-order valence-electron chi connectivity index (χ0n) is 27.8. The van der Waals surface area contributed by atoms with Crippen LogP contribution in [0.25, 0.3) is 11.1 Å². The van der Waals surface area contributed by atoms with Gasteiger partial charge < -0.3 is 29.5 Å². The Labute approximate surface area is 272 Å². The Balaban J connectivity index is 1.08. The standard InChI is InChI=1S/C37H46N4O5/c1-25(38-35(43)46-37(2,3)4)34(42)39-27-17-15-26(16-18-27)23-41(5,6)28-19-21-40(22-20-28)36(44)45-24-33-31-13-9-7-11-29(31)30-12-8-10-14-32(30)33/h7-18,25,28,33H,19-24H2,1-6H3,(H-,38,39,42,43)/p+1. The highest BCUT2D eigenvalue weighted by molar-refractivity contribution is 5.96. The highest BCUT2D eigenvalue weighted by Crippen LogP contribution is 2.44.